The lowest BCUT2D eigenvalue weighted by Crippen LogP contribution is -2.04. The van der Waals surface area contributed by atoms with Crippen LogP contribution in [-0.4, -0.2) is 5.75 Å². The average molecular weight is 260 g/mol. The summed E-state index contributed by atoms with van der Waals surface area (Å²) in [6.07, 6.45) is 0.935. The fraction of sp³-hybridized carbons (Fsp3) is 0.385. The predicted molar refractivity (Wildman–Crippen MR) is 67.0 cm³/mol. The summed E-state index contributed by atoms with van der Waals surface area (Å²) in [4.78, 5) is 0. The molecule has 94 valence electrons. The first-order valence-electron chi connectivity index (χ1n) is 5.43. The van der Waals surface area contributed by atoms with Gasteiger partial charge in [0.2, 0.25) is 0 Å². The van der Waals surface area contributed by atoms with Gasteiger partial charge in [0.25, 0.3) is 0 Å². The van der Waals surface area contributed by atoms with E-state index in [1.165, 1.54) is 0 Å². The number of hydrogen-bond donors (Lipinski definition) is 0. The summed E-state index contributed by atoms with van der Waals surface area (Å²) in [5, 5.41) is 0. The normalized spacial score (nSPS) is 12.2. The maximum absolute atomic E-state index is 12.3. The highest BCUT2D eigenvalue weighted by Gasteiger charge is 2.29. The van der Waals surface area contributed by atoms with Crippen LogP contribution in [0.1, 0.15) is 24.5 Å². The molecular formula is C13H15F3S. The van der Waals surface area contributed by atoms with Crippen LogP contribution in [0.15, 0.2) is 36.4 Å². The van der Waals surface area contributed by atoms with E-state index >= 15 is 0 Å². The number of alkyl halides is 3. The molecule has 0 atom stereocenters. The van der Waals surface area contributed by atoms with Crippen molar-refractivity contribution in [3.05, 3.63) is 47.5 Å². The third kappa shape index (κ3) is 5.31. The summed E-state index contributed by atoms with van der Waals surface area (Å²) in [7, 11) is 0. The number of hydrogen-bond acceptors (Lipinski definition) is 1. The molecule has 1 aromatic carbocycles. The van der Waals surface area contributed by atoms with Crippen LogP contribution >= 0.6 is 11.8 Å². The first-order chi connectivity index (χ1) is 8.04. The van der Waals surface area contributed by atoms with Crippen molar-refractivity contribution in [1.29, 1.82) is 0 Å². The van der Waals surface area contributed by atoms with Crippen LogP contribution in [-0.2, 0) is 11.9 Å². The Labute approximate surface area is 104 Å². The number of thioether (sulfide) groups is 1. The minimum absolute atomic E-state index is 0.586. The second-order valence-corrected chi connectivity index (χ2v) is 4.62. The molecule has 0 radical (unpaired) electrons. The molecule has 0 heterocycles. The van der Waals surface area contributed by atoms with Crippen molar-refractivity contribution in [2.45, 2.75) is 25.3 Å². The molecule has 1 rings (SSSR count). The molecule has 0 fully saturated rings. The Morgan fingerprint density at radius 2 is 1.76 bits per heavy atom. The molecule has 0 unspecified atom stereocenters. The van der Waals surface area contributed by atoms with E-state index in [0.29, 0.717) is 0 Å². The van der Waals surface area contributed by atoms with Crippen LogP contribution in [0, 0.1) is 0 Å². The van der Waals surface area contributed by atoms with E-state index < -0.39 is 11.7 Å². The van der Waals surface area contributed by atoms with Crippen LogP contribution in [0.25, 0.3) is 0 Å². The van der Waals surface area contributed by atoms with Crippen LogP contribution < -0.4 is 0 Å². The van der Waals surface area contributed by atoms with E-state index in [-0.39, 0.29) is 0 Å². The molecular weight excluding hydrogens is 245 g/mol. The van der Waals surface area contributed by atoms with Crippen molar-refractivity contribution >= 4 is 11.8 Å². The van der Waals surface area contributed by atoms with E-state index in [4.69, 9.17) is 0 Å². The van der Waals surface area contributed by atoms with Crippen LogP contribution in [0.5, 0.6) is 0 Å². The molecule has 1 aromatic rings. The van der Waals surface area contributed by atoms with Crippen LogP contribution in [0.3, 0.4) is 0 Å². The molecule has 4 heteroatoms. The topological polar surface area (TPSA) is 0 Å². The van der Waals surface area contributed by atoms with Crippen molar-refractivity contribution in [3.63, 3.8) is 0 Å². The zero-order valence-corrected chi connectivity index (χ0v) is 10.4. The van der Waals surface area contributed by atoms with Gasteiger partial charge in [-0.3, -0.25) is 0 Å². The van der Waals surface area contributed by atoms with E-state index in [9.17, 15) is 13.2 Å². The van der Waals surface area contributed by atoms with Crippen molar-refractivity contribution in [1.82, 2.24) is 0 Å². The zero-order chi connectivity index (χ0) is 12.7. The third-order valence-electron chi connectivity index (χ3n) is 2.17. The number of rotatable bonds is 5. The monoisotopic (exact) mass is 260 g/mol. The third-order valence-corrected chi connectivity index (χ3v) is 3.13. The van der Waals surface area contributed by atoms with Crippen molar-refractivity contribution < 1.29 is 13.2 Å². The average Bonchev–Trinajstić information content (AvgIpc) is 2.28. The molecule has 17 heavy (non-hydrogen) atoms. The van der Waals surface area contributed by atoms with Gasteiger partial charge in [0, 0.05) is 11.5 Å². The summed E-state index contributed by atoms with van der Waals surface area (Å²) in [6, 6.07) is 5.36. The fourth-order valence-electron chi connectivity index (χ4n) is 1.27. The minimum Gasteiger partial charge on any atom is -0.166 e. The molecule has 0 aliphatic rings. The molecule has 0 saturated carbocycles. The van der Waals surface area contributed by atoms with Gasteiger partial charge in [0.05, 0.1) is 5.56 Å². The van der Waals surface area contributed by atoms with Gasteiger partial charge >= 0.3 is 6.18 Å². The van der Waals surface area contributed by atoms with Gasteiger partial charge in [-0.25, -0.2) is 0 Å². The smallest absolute Gasteiger partial charge is 0.166 e. The molecule has 0 aliphatic carbocycles. The lowest BCUT2D eigenvalue weighted by molar-refractivity contribution is -0.137. The minimum atomic E-state index is -4.24. The molecule has 0 amide bonds. The van der Waals surface area contributed by atoms with Crippen molar-refractivity contribution in [2.75, 3.05) is 5.75 Å². The molecule has 0 saturated heterocycles. The quantitative estimate of drug-likeness (QED) is 0.535. The van der Waals surface area contributed by atoms with Gasteiger partial charge in [-0.15, -0.1) is 0 Å². The Morgan fingerprint density at radius 3 is 2.29 bits per heavy atom. The van der Waals surface area contributed by atoms with Gasteiger partial charge in [-0.05, 0) is 24.1 Å². The van der Waals surface area contributed by atoms with E-state index in [1.54, 1.807) is 23.9 Å². The summed E-state index contributed by atoms with van der Waals surface area (Å²) >= 11 is 1.69. The largest absolute Gasteiger partial charge is 0.416 e. The van der Waals surface area contributed by atoms with E-state index in [0.717, 1.165) is 35.6 Å². The Hall–Kier alpha value is -0.900. The van der Waals surface area contributed by atoms with E-state index in [1.807, 2.05) is 0 Å². The first-order valence-corrected chi connectivity index (χ1v) is 6.58. The number of allylic oxidation sites excluding steroid dienone is 1. The van der Waals surface area contributed by atoms with Crippen LogP contribution in [0.4, 0.5) is 13.2 Å². The Balaban J connectivity index is 2.43. The molecule has 0 aliphatic heterocycles. The standard InChI is InChI=1S/C13H15F3S/c1-2-3-4-9-17-10-11-5-7-12(8-6-11)13(14,15)16/h3-8H,2,9-10H2,1H3/b4-3+. The SMILES string of the molecule is CC/C=C/CSCc1ccc(C(F)(F)F)cc1. The second kappa shape index (κ2) is 6.74. The highest BCUT2D eigenvalue weighted by molar-refractivity contribution is 7.98. The van der Waals surface area contributed by atoms with E-state index in [2.05, 4.69) is 19.1 Å². The highest BCUT2D eigenvalue weighted by Crippen LogP contribution is 2.29. The van der Waals surface area contributed by atoms with Gasteiger partial charge in [0.1, 0.15) is 0 Å². The zero-order valence-electron chi connectivity index (χ0n) is 9.63. The Morgan fingerprint density at radius 1 is 1.12 bits per heavy atom. The Bertz CT molecular complexity index is 352. The predicted octanol–water partition coefficient (Wildman–Crippen LogP) is 4.90. The van der Waals surface area contributed by atoms with Gasteiger partial charge in [-0.2, -0.15) is 24.9 Å². The summed E-state index contributed by atoms with van der Waals surface area (Å²) in [6.45, 7) is 2.07. The van der Waals surface area contributed by atoms with Crippen molar-refractivity contribution in [3.8, 4) is 0 Å². The lowest BCUT2D eigenvalue weighted by atomic mass is 10.1. The fourth-order valence-corrected chi connectivity index (χ4v) is 2.09. The maximum atomic E-state index is 12.3. The molecule has 0 nitrogen and oxygen atoms in total. The molecule has 0 bridgehead atoms. The number of halogens is 3. The lowest BCUT2D eigenvalue weighted by Gasteiger charge is -2.07. The first kappa shape index (κ1) is 14.2. The molecule has 0 spiro atoms. The summed E-state index contributed by atoms with van der Waals surface area (Å²) in [5.41, 5.74) is 0.338. The maximum Gasteiger partial charge on any atom is 0.416 e. The Kier molecular flexibility index (Phi) is 5.62. The van der Waals surface area contributed by atoms with Gasteiger partial charge in [-0.1, -0.05) is 31.2 Å². The van der Waals surface area contributed by atoms with Gasteiger partial charge in [0.15, 0.2) is 0 Å². The summed E-state index contributed by atoms with van der Waals surface area (Å²) < 4.78 is 36.9. The van der Waals surface area contributed by atoms with Crippen molar-refractivity contribution in [2.24, 2.45) is 0 Å². The highest BCUT2D eigenvalue weighted by atomic mass is 32.2. The molecule has 0 aromatic heterocycles. The van der Waals surface area contributed by atoms with Gasteiger partial charge < -0.3 is 0 Å². The summed E-state index contributed by atoms with van der Waals surface area (Å²) in [5.74, 6) is 1.64. The second-order valence-electron chi connectivity index (χ2n) is 3.59. The number of benzene rings is 1. The van der Waals surface area contributed by atoms with Crippen LogP contribution in [0.2, 0.25) is 0 Å². The molecule has 0 N–H and O–H groups in total.